The minimum atomic E-state index is 0.971. The van der Waals surface area contributed by atoms with Crippen LogP contribution in [0.5, 0.6) is 0 Å². The van der Waals surface area contributed by atoms with E-state index in [4.69, 9.17) is 4.42 Å². The van der Waals surface area contributed by atoms with Gasteiger partial charge in [0.2, 0.25) is 0 Å². The van der Waals surface area contributed by atoms with Crippen LogP contribution in [-0.2, 0) is 6.42 Å². The molecule has 0 unspecified atom stereocenters. The fraction of sp³-hybridized carbons (Fsp3) is 0.0526. The Balaban J connectivity index is 1.42. The number of hydrogen-bond donors (Lipinski definition) is 0. The Morgan fingerprint density at radius 3 is 1.74 bits per heavy atom. The van der Waals surface area contributed by atoms with E-state index in [9.17, 15) is 0 Å². The second-order valence-electron chi connectivity index (χ2n) is 10.4. The van der Waals surface area contributed by atoms with Crippen LogP contribution in [0.3, 0.4) is 0 Å². The van der Waals surface area contributed by atoms with Crippen LogP contribution in [0.25, 0.3) is 72.0 Å². The van der Waals surface area contributed by atoms with Crippen LogP contribution < -0.4 is 0 Å². The van der Waals surface area contributed by atoms with Crippen LogP contribution in [0.15, 0.2) is 132 Å². The van der Waals surface area contributed by atoms with Gasteiger partial charge in [-0.15, -0.1) is 0 Å². The van der Waals surface area contributed by atoms with E-state index in [-0.39, 0.29) is 0 Å². The topological polar surface area (TPSA) is 13.1 Å². The zero-order valence-electron chi connectivity index (χ0n) is 21.5. The van der Waals surface area contributed by atoms with Gasteiger partial charge in [-0.2, -0.15) is 0 Å². The maximum Gasteiger partial charge on any atom is 0.134 e. The second kappa shape index (κ2) is 8.85. The van der Waals surface area contributed by atoms with Crippen molar-refractivity contribution in [2.75, 3.05) is 0 Å². The number of benzene rings is 6. The van der Waals surface area contributed by atoms with Crippen molar-refractivity contribution in [2.24, 2.45) is 0 Å². The minimum Gasteiger partial charge on any atom is -0.460 e. The Hall–Kier alpha value is -4.88. The smallest absolute Gasteiger partial charge is 0.134 e. The molecule has 0 saturated heterocycles. The van der Waals surface area contributed by atoms with Gasteiger partial charge in [0.1, 0.15) is 11.3 Å². The lowest BCUT2D eigenvalue weighted by molar-refractivity contribution is 0.546. The first-order chi connectivity index (χ1) is 19.3. The molecule has 39 heavy (non-hydrogen) atoms. The van der Waals surface area contributed by atoms with E-state index in [1.807, 2.05) is 0 Å². The molecular weight excluding hydrogens is 472 g/mol. The van der Waals surface area contributed by atoms with Crippen molar-refractivity contribution in [3.05, 3.63) is 139 Å². The van der Waals surface area contributed by atoms with E-state index in [0.717, 1.165) is 24.2 Å². The van der Waals surface area contributed by atoms with Crippen LogP contribution in [0, 0.1) is 0 Å². The molecular formula is C38H26O. The third-order valence-corrected chi connectivity index (χ3v) is 8.10. The highest BCUT2D eigenvalue weighted by Gasteiger charge is 2.19. The van der Waals surface area contributed by atoms with Crippen molar-refractivity contribution in [1.29, 1.82) is 0 Å². The summed E-state index contributed by atoms with van der Waals surface area (Å²) >= 11 is 0. The first kappa shape index (κ1) is 22.1. The number of hydrogen-bond acceptors (Lipinski definition) is 1. The predicted octanol–water partition coefficient (Wildman–Crippen LogP) is 10.7. The Labute approximate surface area is 227 Å². The molecule has 0 fully saturated rings. The summed E-state index contributed by atoms with van der Waals surface area (Å²) in [7, 11) is 0. The summed E-state index contributed by atoms with van der Waals surface area (Å²) in [4.78, 5) is 0. The number of furan rings is 1. The van der Waals surface area contributed by atoms with Gasteiger partial charge in [0.05, 0.1) is 0 Å². The van der Waals surface area contributed by atoms with Crippen LogP contribution in [0.2, 0.25) is 0 Å². The molecule has 6 aromatic carbocycles. The Morgan fingerprint density at radius 1 is 0.462 bits per heavy atom. The molecule has 0 bridgehead atoms. The average molecular weight is 499 g/mol. The fourth-order valence-electron chi connectivity index (χ4n) is 6.34. The van der Waals surface area contributed by atoms with E-state index in [2.05, 4.69) is 133 Å². The van der Waals surface area contributed by atoms with Crippen LogP contribution in [-0.4, -0.2) is 0 Å². The maximum absolute atomic E-state index is 6.23. The summed E-state index contributed by atoms with van der Waals surface area (Å²) in [6.07, 6.45) is 6.50. The molecule has 1 heterocycles. The van der Waals surface area contributed by atoms with Gasteiger partial charge in [-0.05, 0) is 79.5 Å². The summed E-state index contributed by atoms with van der Waals surface area (Å²) in [6, 6.07) is 44.0. The SMILES string of the molecule is C1=Cc2c(oc3ccc(-c4c5ccccc5c(-c5cccc(-c6ccccc6)c5)c5ccccc45)cc23)CC1. The van der Waals surface area contributed by atoms with Gasteiger partial charge in [0.25, 0.3) is 0 Å². The molecule has 0 N–H and O–H groups in total. The summed E-state index contributed by atoms with van der Waals surface area (Å²) < 4.78 is 6.23. The number of rotatable bonds is 3. The maximum atomic E-state index is 6.23. The molecule has 7 aromatic rings. The van der Waals surface area contributed by atoms with Crippen molar-refractivity contribution >= 4 is 38.6 Å². The number of aryl methyl sites for hydroxylation is 1. The summed E-state index contributed by atoms with van der Waals surface area (Å²) in [5, 5.41) is 6.27. The standard InChI is InChI=1S/C38H26O/c1-2-11-25(12-3-1)26-13-10-14-27(23-26)37-30-16-4-6-18-32(30)38(33-19-7-5-17-31(33)37)28-21-22-36-34(24-28)29-15-8-9-20-35(29)39-36/h1-8,10-19,21-24H,9,20H2. The molecule has 1 aliphatic rings. The third-order valence-electron chi connectivity index (χ3n) is 8.10. The molecule has 1 aromatic heterocycles. The molecule has 0 atom stereocenters. The second-order valence-corrected chi connectivity index (χ2v) is 10.4. The Bertz CT molecular complexity index is 2000. The van der Waals surface area contributed by atoms with Crippen LogP contribution in [0.4, 0.5) is 0 Å². The zero-order valence-corrected chi connectivity index (χ0v) is 21.5. The summed E-state index contributed by atoms with van der Waals surface area (Å²) in [5.41, 5.74) is 9.69. The highest BCUT2D eigenvalue weighted by molar-refractivity contribution is 6.21. The molecule has 1 heteroatoms. The van der Waals surface area contributed by atoms with E-state index in [1.165, 1.54) is 65.9 Å². The quantitative estimate of drug-likeness (QED) is 0.221. The highest BCUT2D eigenvalue weighted by Crippen LogP contribution is 2.45. The largest absolute Gasteiger partial charge is 0.460 e. The number of allylic oxidation sites excluding steroid dienone is 1. The van der Waals surface area contributed by atoms with Gasteiger partial charge >= 0.3 is 0 Å². The molecule has 0 aliphatic heterocycles. The lowest BCUT2D eigenvalue weighted by Crippen LogP contribution is -1.91. The van der Waals surface area contributed by atoms with Crippen molar-refractivity contribution in [3.63, 3.8) is 0 Å². The van der Waals surface area contributed by atoms with Crippen molar-refractivity contribution in [2.45, 2.75) is 12.8 Å². The predicted molar refractivity (Wildman–Crippen MR) is 165 cm³/mol. The third kappa shape index (κ3) is 3.55. The average Bonchev–Trinajstić information content (AvgIpc) is 3.38. The lowest BCUT2D eigenvalue weighted by Gasteiger charge is -2.18. The summed E-state index contributed by atoms with van der Waals surface area (Å²) in [5.74, 6) is 1.10. The molecule has 0 amide bonds. The van der Waals surface area contributed by atoms with Gasteiger partial charge < -0.3 is 4.42 Å². The Morgan fingerprint density at radius 2 is 1.05 bits per heavy atom. The molecule has 8 rings (SSSR count). The Kier molecular flexibility index (Phi) is 5.03. The lowest BCUT2D eigenvalue weighted by atomic mass is 9.85. The first-order valence-corrected chi connectivity index (χ1v) is 13.7. The monoisotopic (exact) mass is 498 g/mol. The zero-order chi connectivity index (χ0) is 25.8. The van der Waals surface area contributed by atoms with E-state index >= 15 is 0 Å². The minimum absolute atomic E-state index is 0.971. The molecule has 0 saturated carbocycles. The molecule has 0 radical (unpaired) electrons. The van der Waals surface area contributed by atoms with Gasteiger partial charge in [-0.25, -0.2) is 0 Å². The van der Waals surface area contributed by atoms with Gasteiger partial charge in [-0.3, -0.25) is 0 Å². The number of fused-ring (bicyclic) bond motifs is 5. The van der Waals surface area contributed by atoms with Crippen LogP contribution >= 0.6 is 0 Å². The normalized spacial score (nSPS) is 12.8. The van der Waals surface area contributed by atoms with E-state index in [0.29, 0.717) is 0 Å². The molecule has 1 nitrogen and oxygen atoms in total. The molecule has 184 valence electrons. The summed E-state index contributed by atoms with van der Waals surface area (Å²) in [6.45, 7) is 0. The van der Waals surface area contributed by atoms with Crippen molar-refractivity contribution in [3.8, 4) is 33.4 Å². The fourth-order valence-corrected chi connectivity index (χ4v) is 6.34. The van der Waals surface area contributed by atoms with Gasteiger partial charge in [0.15, 0.2) is 0 Å². The van der Waals surface area contributed by atoms with E-state index in [1.54, 1.807) is 0 Å². The molecule has 0 spiro atoms. The van der Waals surface area contributed by atoms with E-state index < -0.39 is 0 Å². The van der Waals surface area contributed by atoms with Gasteiger partial charge in [-0.1, -0.05) is 115 Å². The van der Waals surface area contributed by atoms with Gasteiger partial charge in [0, 0.05) is 17.4 Å². The molecule has 1 aliphatic carbocycles. The van der Waals surface area contributed by atoms with Crippen molar-refractivity contribution < 1.29 is 4.42 Å². The first-order valence-electron chi connectivity index (χ1n) is 13.7. The van der Waals surface area contributed by atoms with Crippen molar-refractivity contribution in [1.82, 2.24) is 0 Å². The highest BCUT2D eigenvalue weighted by atomic mass is 16.3. The van der Waals surface area contributed by atoms with Crippen LogP contribution in [0.1, 0.15) is 17.7 Å².